The van der Waals surface area contributed by atoms with E-state index >= 15 is 0 Å². The van der Waals surface area contributed by atoms with Crippen LogP contribution in [0.5, 0.6) is 0 Å². The second-order valence-electron chi connectivity index (χ2n) is 7.23. The molecule has 2 rings (SSSR count). The molecule has 0 atom stereocenters. The highest BCUT2D eigenvalue weighted by atomic mass is 16.7. The minimum Gasteiger partial charge on any atom is -0.373 e. The second-order valence-corrected chi connectivity index (χ2v) is 7.23. The Morgan fingerprint density at radius 2 is 1.32 bits per heavy atom. The van der Waals surface area contributed by atoms with Crippen LogP contribution in [0.25, 0.3) is 10.4 Å². The Kier molecular flexibility index (Phi) is 7.45. The van der Waals surface area contributed by atoms with Crippen molar-refractivity contribution in [3.8, 4) is 0 Å². The molecule has 0 bridgehead atoms. The van der Waals surface area contributed by atoms with Gasteiger partial charge in [-0.3, -0.25) is 0 Å². The van der Waals surface area contributed by atoms with Gasteiger partial charge in [-0.1, -0.05) is 5.11 Å². The molecule has 0 aromatic rings. The van der Waals surface area contributed by atoms with E-state index in [4.69, 9.17) is 34.0 Å². The maximum Gasteiger partial charge on any atom is 0.163 e. The van der Waals surface area contributed by atoms with Gasteiger partial charge in [0, 0.05) is 17.4 Å². The molecular formula is C16H29N3O6. The first kappa shape index (κ1) is 20.4. The Morgan fingerprint density at radius 3 is 1.68 bits per heavy atom. The summed E-state index contributed by atoms with van der Waals surface area (Å²) >= 11 is 0. The molecule has 0 aromatic carbocycles. The van der Waals surface area contributed by atoms with Gasteiger partial charge in [-0.05, 0) is 33.2 Å². The standard InChI is InChI=1S/C16H29N3O6/c1-15(2)22-8-13(9-23-15)20-6-12(5-18-19-17)7-21-14-10-24-16(3,4)25-11-14/h12-14H,5-11H2,1-4H3. The van der Waals surface area contributed by atoms with Gasteiger partial charge in [-0.2, -0.15) is 0 Å². The molecule has 0 aromatic heterocycles. The Hall–Kier alpha value is -0.930. The lowest BCUT2D eigenvalue weighted by Gasteiger charge is -2.36. The molecule has 2 aliphatic rings. The van der Waals surface area contributed by atoms with Gasteiger partial charge in [0.05, 0.1) is 39.6 Å². The third-order valence-electron chi connectivity index (χ3n) is 4.01. The zero-order valence-corrected chi connectivity index (χ0v) is 15.5. The lowest BCUT2D eigenvalue weighted by molar-refractivity contribution is -0.284. The highest BCUT2D eigenvalue weighted by Gasteiger charge is 2.30. The molecule has 9 heteroatoms. The fourth-order valence-corrected chi connectivity index (χ4v) is 2.40. The van der Waals surface area contributed by atoms with Gasteiger partial charge in [0.15, 0.2) is 11.6 Å². The fourth-order valence-electron chi connectivity index (χ4n) is 2.40. The number of hydrogen-bond acceptors (Lipinski definition) is 7. The normalized spacial score (nSPS) is 24.2. The lowest BCUT2D eigenvalue weighted by atomic mass is 10.1. The van der Waals surface area contributed by atoms with Crippen LogP contribution in [-0.2, 0) is 28.4 Å². The molecule has 9 nitrogen and oxygen atoms in total. The van der Waals surface area contributed by atoms with Crippen molar-refractivity contribution in [1.82, 2.24) is 0 Å². The summed E-state index contributed by atoms with van der Waals surface area (Å²) in [4.78, 5) is 2.82. The van der Waals surface area contributed by atoms with Crippen LogP contribution in [-0.4, -0.2) is 70.0 Å². The number of hydrogen-bond donors (Lipinski definition) is 0. The molecule has 144 valence electrons. The quantitative estimate of drug-likeness (QED) is 0.374. The summed E-state index contributed by atoms with van der Waals surface area (Å²) in [6.07, 6.45) is -0.271. The van der Waals surface area contributed by atoms with Crippen molar-refractivity contribution in [3.05, 3.63) is 10.4 Å². The topological polar surface area (TPSA) is 104 Å². The molecule has 0 saturated carbocycles. The maximum absolute atomic E-state index is 8.56. The summed E-state index contributed by atoms with van der Waals surface area (Å²) < 4.78 is 34.0. The molecule has 2 saturated heterocycles. The smallest absolute Gasteiger partial charge is 0.163 e. The molecule has 0 unspecified atom stereocenters. The molecule has 0 radical (unpaired) electrons. The van der Waals surface area contributed by atoms with Gasteiger partial charge in [-0.25, -0.2) is 0 Å². The molecule has 0 aliphatic carbocycles. The molecular weight excluding hydrogens is 330 g/mol. The van der Waals surface area contributed by atoms with Crippen LogP contribution in [0.15, 0.2) is 5.11 Å². The summed E-state index contributed by atoms with van der Waals surface area (Å²) in [5, 5.41) is 3.64. The van der Waals surface area contributed by atoms with E-state index in [1.54, 1.807) is 0 Å². The van der Waals surface area contributed by atoms with Gasteiger partial charge in [0.1, 0.15) is 12.2 Å². The van der Waals surface area contributed by atoms with E-state index in [0.29, 0.717) is 46.2 Å². The van der Waals surface area contributed by atoms with Crippen molar-refractivity contribution in [3.63, 3.8) is 0 Å². The van der Waals surface area contributed by atoms with E-state index in [-0.39, 0.29) is 18.1 Å². The molecule has 2 heterocycles. The maximum atomic E-state index is 8.56. The van der Waals surface area contributed by atoms with Crippen LogP contribution in [0.3, 0.4) is 0 Å². The molecule has 25 heavy (non-hydrogen) atoms. The van der Waals surface area contributed by atoms with Crippen molar-refractivity contribution in [2.45, 2.75) is 51.5 Å². The first-order valence-corrected chi connectivity index (χ1v) is 8.59. The van der Waals surface area contributed by atoms with Crippen LogP contribution in [0.2, 0.25) is 0 Å². The zero-order valence-electron chi connectivity index (χ0n) is 15.5. The largest absolute Gasteiger partial charge is 0.373 e. The molecule has 2 fully saturated rings. The minimum absolute atomic E-state index is 0.0548. The Morgan fingerprint density at radius 1 is 0.920 bits per heavy atom. The number of rotatable bonds is 8. The van der Waals surface area contributed by atoms with Crippen molar-refractivity contribution >= 4 is 0 Å². The highest BCUT2D eigenvalue weighted by molar-refractivity contribution is 4.71. The molecule has 2 aliphatic heterocycles. The van der Waals surface area contributed by atoms with E-state index in [2.05, 4.69) is 10.0 Å². The Bertz CT molecular complexity index is 415. The Balaban J connectivity index is 1.72. The zero-order chi connectivity index (χ0) is 18.3. The number of nitrogens with zero attached hydrogens (tertiary/aromatic N) is 3. The lowest BCUT2D eigenvalue weighted by Crippen LogP contribution is -2.44. The third kappa shape index (κ3) is 7.45. The van der Waals surface area contributed by atoms with Gasteiger partial charge in [0.2, 0.25) is 0 Å². The summed E-state index contributed by atoms with van der Waals surface area (Å²) in [5.74, 6) is -1.19. The van der Waals surface area contributed by atoms with Gasteiger partial charge in [-0.15, -0.1) is 0 Å². The Labute approximate surface area is 148 Å². The van der Waals surface area contributed by atoms with E-state index in [1.165, 1.54) is 0 Å². The van der Waals surface area contributed by atoms with Crippen LogP contribution < -0.4 is 0 Å². The van der Waals surface area contributed by atoms with Crippen LogP contribution in [0.1, 0.15) is 27.7 Å². The van der Waals surface area contributed by atoms with Crippen molar-refractivity contribution < 1.29 is 28.4 Å². The minimum atomic E-state index is -0.567. The summed E-state index contributed by atoms with van der Waals surface area (Å²) in [6.45, 7) is 10.5. The molecule has 0 N–H and O–H groups in total. The van der Waals surface area contributed by atoms with Gasteiger partial charge in [0.25, 0.3) is 0 Å². The van der Waals surface area contributed by atoms with Crippen LogP contribution >= 0.6 is 0 Å². The predicted octanol–water partition coefficient (Wildman–Crippen LogP) is 2.25. The van der Waals surface area contributed by atoms with Gasteiger partial charge < -0.3 is 28.4 Å². The second kappa shape index (κ2) is 9.14. The fraction of sp³-hybridized carbons (Fsp3) is 1.00. The van der Waals surface area contributed by atoms with E-state index in [1.807, 2.05) is 27.7 Å². The van der Waals surface area contributed by atoms with E-state index < -0.39 is 11.6 Å². The van der Waals surface area contributed by atoms with Crippen molar-refractivity contribution in [2.75, 3.05) is 46.2 Å². The summed E-state index contributed by atoms with van der Waals surface area (Å²) in [7, 11) is 0. The van der Waals surface area contributed by atoms with Crippen molar-refractivity contribution in [2.24, 2.45) is 11.0 Å². The number of ether oxygens (including phenoxy) is 6. The van der Waals surface area contributed by atoms with E-state index in [0.717, 1.165) is 0 Å². The molecule has 0 amide bonds. The predicted molar refractivity (Wildman–Crippen MR) is 88.9 cm³/mol. The highest BCUT2D eigenvalue weighted by Crippen LogP contribution is 2.20. The first-order chi connectivity index (χ1) is 11.8. The van der Waals surface area contributed by atoms with Crippen LogP contribution in [0, 0.1) is 5.92 Å². The molecule has 0 spiro atoms. The SMILES string of the molecule is CC1(C)OCC(OCC(CN=[N+]=[N-])COC2COC(C)(C)OC2)CO1. The average Bonchev–Trinajstić information content (AvgIpc) is 2.56. The summed E-state index contributed by atoms with van der Waals surface area (Å²) in [5.41, 5.74) is 8.56. The van der Waals surface area contributed by atoms with E-state index in [9.17, 15) is 0 Å². The first-order valence-electron chi connectivity index (χ1n) is 8.59. The monoisotopic (exact) mass is 359 g/mol. The average molecular weight is 359 g/mol. The van der Waals surface area contributed by atoms with Gasteiger partial charge >= 0.3 is 0 Å². The van der Waals surface area contributed by atoms with Crippen molar-refractivity contribution in [1.29, 1.82) is 0 Å². The van der Waals surface area contributed by atoms with Crippen LogP contribution in [0.4, 0.5) is 0 Å². The summed E-state index contributed by atoms with van der Waals surface area (Å²) in [6, 6.07) is 0. The number of azide groups is 1. The third-order valence-corrected chi connectivity index (χ3v) is 4.01.